The van der Waals surface area contributed by atoms with E-state index in [2.05, 4.69) is 100 Å². The molecule has 0 nitrogen and oxygen atoms in total. The third-order valence-electron chi connectivity index (χ3n) is 6.26. The van der Waals surface area contributed by atoms with Gasteiger partial charge < -0.3 is 0 Å². The van der Waals surface area contributed by atoms with Crippen molar-refractivity contribution in [1.82, 2.24) is 0 Å². The summed E-state index contributed by atoms with van der Waals surface area (Å²) in [5.41, 5.74) is 6.13. The van der Waals surface area contributed by atoms with Crippen molar-refractivity contribution >= 4 is 63.7 Å². The number of halogens is 4. The highest BCUT2D eigenvalue weighted by Crippen LogP contribution is 2.55. The molecule has 0 aliphatic heterocycles. The lowest BCUT2D eigenvalue weighted by Crippen LogP contribution is -2.25. The van der Waals surface area contributed by atoms with Crippen LogP contribution in [0.15, 0.2) is 45.3 Å². The topological polar surface area (TPSA) is 0 Å². The van der Waals surface area contributed by atoms with Crippen LogP contribution in [0.1, 0.15) is 75.3 Å². The Hall–Kier alpha value is 0.360. The molecule has 4 heteroatoms. The van der Waals surface area contributed by atoms with Crippen LogP contribution in [0.2, 0.25) is 0 Å². The predicted molar refractivity (Wildman–Crippen MR) is 142 cm³/mol. The molecule has 0 spiro atoms. The Kier molecular flexibility index (Phi) is 9.80. The lowest BCUT2D eigenvalue weighted by atomic mass is 9.70. The fourth-order valence-corrected chi connectivity index (χ4v) is 6.39. The lowest BCUT2D eigenvalue weighted by molar-refractivity contribution is 0.401. The number of rotatable bonds is 12. The molecule has 0 radical (unpaired) electrons. The molecule has 2 aromatic carbocycles. The monoisotopic (exact) mass is 646 g/mol. The zero-order valence-electron chi connectivity index (χ0n) is 17.0. The third kappa shape index (κ3) is 5.79. The minimum atomic E-state index is 0.175. The molecule has 3 rings (SSSR count). The number of unbranched alkanes of at least 4 members (excludes halogenated alkanes) is 6. The van der Waals surface area contributed by atoms with Gasteiger partial charge in [-0.25, -0.2) is 0 Å². The van der Waals surface area contributed by atoms with E-state index in [0.717, 1.165) is 10.7 Å². The van der Waals surface area contributed by atoms with Crippen LogP contribution < -0.4 is 0 Å². The largest absolute Gasteiger partial charge is 0.0928 e. The van der Waals surface area contributed by atoms with Crippen molar-refractivity contribution in [3.8, 4) is 11.1 Å². The summed E-state index contributed by atoms with van der Waals surface area (Å²) in [6, 6.07) is 13.9. The highest BCUT2D eigenvalue weighted by atomic mass is 79.9. The maximum Gasteiger partial charge on any atom is 0.0215 e. The molecule has 0 unspecified atom stereocenters. The molecule has 0 fully saturated rings. The maximum atomic E-state index is 3.71. The molecule has 0 heterocycles. The number of alkyl halides is 2. The molecule has 158 valence electrons. The van der Waals surface area contributed by atoms with Crippen molar-refractivity contribution in [1.29, 1.82) is 0 Å². The Balaban J connectivity index is 1.92. The summed E-state index contributed by atoms with van der Waals surface area (Å²) in [4.78, 5) is 0. The van der Waals surface area contributed by atoms with Crippen LogP contribution in [0, 0.1) is 0 Å². The average Bonchev–Trinajstić information content (AvgIpc) is 2.96. The van der Waals surface area contributed by atoms with E-state index in [1.54, 1.807) is 11.1 Å². The molecular weight excluding hydrogens is 620 g/mol. The van der Waals surface area contributed by atoms with E-state index < -0.39 is 0 Å². The van der Waals surface area contributed by atoms with E-state index in [1.807, 2.05) is 0 Å². The van der Waals surface area contributed by atoms with Crippen LogP contribution in [0.4, 0.5) is 0 Å². The summed E-state index contributed by atoms with van der Waals surface area (Å²) in [7, 11) is 0. The Morgan fingerprint density at radius 3 is 1.38 bits per heavy atom. The summed E-state index contributed by atoms with van der Waals surface area (Å²) in [6.45, 7) is 0. The molecule has 0 bridgehead atoms. The Morgan fingerprint density at radius 2 is 0.966 bits per heavy atom. The zero-order valence-corrected chi connectivity index (χ0v) is 23.3. The van der Waals surface area contributed by atoms with Gasteiger partial charge in [-0.1, -0.05) is 114 Å². The first-order valence-corrected chi connectivity index (χ1v) is 14.7. The van der Waals surface area contributed by atoms with Crippen molar-refractivity contribution in [3.63, 3.8) is 0 Å². The molecule has 0 saturated carbocycles. The van der Waals surface area contributed by atoms with Crippen LogP contribution in [-0.2, 0) is 5.41 Å². The van der Waals surface area contributed by atoms with Crippen LogP contribution >= 0.6 is 63.7 Å². The highest BCUT2D eigenvalue weighted by molar-refractivity contribution is 9.11. The van der Waals surface area contributed by atoms with E-state index in [0.29, 0.717) is 0 Å². The number of hydrogen-bond donors (Lipinski definition) is 0. The van der Waals surface area contributed by atoms with Crippen LogP contribution in [0.5, 0.6) is 0 Å². The van der Waals surface area contributed by atoms with Gasteiger partial charge >= 0.3 is 0 Å². The molecule has 0 amide bonds. The van der Waals surface area contributed by atoms with Gasteiger partial charge in [-0.2, -0.15) is 0 Å². The standard InChI is InChI=1S/C25H30Br4/c26-15-7-3-1-5-13-25(14-6-2-4-8-16-27)23-11-9-19(28)17-21(23)22-18-20(29)10-12-24(22)25/h9-12,17-18H,1-8,13-16H2. The maximum absolute atomic E-state index is 3.71. The number of hydrogen-bond acceptors (Lipinski definition) is 0. The Bertz CT molecular complexity index is 732. The quantitative estimate of drug-likeness (QED) is 0.159. The fraction of sp³-hybridized carbons (Fsp3) is 0.520. The molecule has 1 aliphatic carbocycles. The van der Waals surface area contributed by atoms with Crippen molar-refractivity contribution < 1.29 is 0 Å². The second-order valence-corrected chi connectivity index (χ2v) is 11.6. The molecule has 0 N–H and O–H groups in total. The lowest BCUT2D eigenvalue weighted by Gasteiger charge is -2.33. The van der Waals surface area contributed by atoms with Gasteiger partial charge in [0.1, 0.15) is 0 Å². The van der Waals surface area contributed by atoms with E-state index >= 15 is 0 Å². The molecule has 0 saturated heterocycles. The number of fused-ring (bicyclic) bond motifs is 3. The predicted octanol–water partition coefficient (Wildman–Crippen LogP) is 10.2. The van der Waals surface area contributed by atoms with Crippen molar-refractivity contribution in [2.24, 2.45) is 0 Å². The smallest absolute Gasteiger partial charge is 0.0215 e. The van der Waals surface area contributed by atoms with E-state index in [1.165, 1.54) is 84.3 Å². The van der Waals surface area contributed by atoms with Gasteiger partial charge in [0.05, 0.1) is 0 Å². The van der Waals surface area contributed by atoms with Crippen LogP contribution in [0.3, 0.4) is 0 Å². The minimum absolute atomic E-state index is 0.175. The fourth-order valence-electron chi connectivity index (χ4n) is 4.87. The summed E-state index contributed by atoms with van der Waals surface area (Å²) < 4.78 is 2.35. The first kappa shape index (κ1) is 24.0. The molecule has 0 aromatic heterocycles. The molecular formula is C25H30Br4. The Morgan fingerprint density at radius 1 is 0.552 bits per heavy atom. The van der Waals surface area contributed by atoms with Crippen molar-refractivity contribution in [3.05, 3.63) is 56.5 Å². The minimum Gasteiger partial charge on any atom is -0.0928 e. The summed E-state index contributed by atoms with van der Waals surface area (Å²) in [6.07, 6.45) is 13.0. The third-order valence-corrected chi connectivity index (χ3v) is 8.37. The number of benzene rings is 2. The second kappa shape index (κ2) is 11.8. The van der Waals surface area contributed by atoms with Crippen molar-refractivity contribution in [2.45, 2.75) is 69.6 Å². The summed E-state index contributed by atoms with van der Waals surface area (Å²) in [5, 5.41) is 2.25. The summed E-state index contributed by atoms with van der Waals surface area (Å²) >= 11 is 14.6. The zero-order chi connectivity index (χ0) is 20.7. The van der Waals surface area contributed by atoms with E-state index in [9.17, 15) is 0 Å². The van der Waals surface area contributed by atoms with Gasteiger partial charge in [-0.3, -0.25) is 0 Å². The van der Waals surface area contributed by atoms with Crippen LogP contribution in [-0.4, -0.2) is 10.7 Å². The van der Waals surface area contributed by atoms with E-state index in [-0.39, 0.29) is 5.41 Å². The summed E-state index contributed by atoms with van der Waals surface area (Å²) in [5.74, 6) is 0. The second-order valence-electron chi connectivity index (χ2n) is 8.17. The van der Waals surface area contributed by atoms with Gasteiger partial charge in [0.15, 0.2) is 0 Å². The van der Waals surface area contributed by atoms with E-state index in [4.69, 9.17) is 0 Å². The highest BCUT2D eigenvalue weighted by Gasteiger charge is 2.42. The molecule has 29 heavy (non-hydrogen) atoms. The van der Waals surface area contributed by atoms with Crippen LogP contribution in [0.25, 0.3) is 11.1 Å². The van der Waals surface area contributed by atoms with Gasteiger partial charge in [-0.05, 0) is 72.2 Å². The Labute approximate surface area is 210 Å². The first-order valence-electron chi connectivity index (χ1n) is 10.8. The molecule has 0 atom stereocenters. The molecule has 2 aromatic rings. The average molecular weight is 650 g/mol. The van der Waals surface area contributed by atoms with Gasteiger partial charge in [0, 0.05) is 25.0 Å². The molecule has 1 aliphatic rings. The van der Waals surface area contributed by atoms with Crippen molar-refractivity contribution in [2.75, 3.05) is 10.7 Å². The normalized spacial score (nSPS) is 14.1. The first-order chi connectivity index (χ1) is 14.1. The van der Waals surface area contributed by atoms with Gasteiger partial charge in [-0.15, -0.1) is 0 Å². The SMILES string of the molecule is BrCCCCCCC1(CCCCCCBr)c2ccc(Br)cc2-c2cc(Br)ccc21. The van der Waals surface area contributed by atoms with Gasteiger partial charge in [0.2, 0.25) is 0 Å². The van der Waals surface area contributed by atoms with Gasteiger partial charge in [0.25, 0.3) is 0 Å².